The molecule has 1 aromatic heterocycles. The van der Waals surface area contributed by atoms with Crippen molar-refractivity contribution < 1.29 is 9.59 Å². The molecule has 2 amide bonds. The summed E-state index contributed by atoms with van der Waals surface area (Å²) in [5.74, 6) is -0.237. The maximum atomic E-state index is 13.0. The molecule has 3 aromatic carbocycles. The van der Waals surface area contributed by atoms with Crippen molar-refractivity contribution in [2.75, 3.05) is 5.32 Å². The second-order valence-electron chi connectivity index (χ2n) is 7.71. The topological polar surface area (TPSA) is 62.3 Å². The fourth-order valence-electron chi connectivity index (χ4n) is 4.03. The first-order valence-corrected chi connectivity index (χ1v) is 11.2. The predicted octanol–water partition coefficient (Wildman–Crippen LogP) is 5.87. The number of rotatable bonds is 4. The van der Waals surface area contributed by atoms with Crippen molar-refractivity contribution in [1.82, 2.24) is 9.88 Å². The SMILES string of the molecule is CC(=O)N1C=Cc2ccccc2C1CC(=O)Nc1cccc(-c2nc3ccccc3s2)c1. The molecule has 1 aliphatic heterocycles. The molecule has 0 bridgehead atoms. The van der Waals surface area contributed by atoms with Crippen molar-refractivity contribution in [1.29, 1.82) is 0 Å². The standard InChI is InChI=1S/C26H21N3O2S/c1-17(30)29-14-13-18-7-2-3-10-21(18)23(29)16-25(31)27-20-9-6-8-19(15-20)26-28-22-11-4-5-12-24(22)32-26/h2-15,23H,16H2,1H3,(H,27,31). The summed E-state index contributed by atoms with van der Waals surface area (Å²) in [6.45, 7) is 1.52. The molecular formula is C26H21N3O2S. The van der Waals surface area contributed by atoms with Gasteiger partial charge in [0.05, 0.1) is 22.7 Å². The molecule has 158 valence electrons. The van der Waals surface area contributed by atoms with E-state index in [-0.39, 0.29) is 24.3 Å². The van der Waals surface area contributed by atoms with Gasteiger partial charge in [0.25, 0.3) is 0 Å². The van der Waals surface area contributed by atoms with Gasteiger partial charge in [-0.2, -0.15) is 0 Å². The Morgan fingerprint density at radius 2 is 1.84 bits per heavy atom. The zero-order valence-electron chi connectivity index (χ0n) is 17.5. The highest BCUT2D eigenvalue weighted by Crippen LogP contribution is 2.34. The number of para-hydroxylation sites is 1. The molecule has 0 aliphatic carbocycles. The number of hydrogen-bond acceptors (Lipinski definition) is 4. The number of hydrogen-bond donors (Lipinski definition) is 1. The van der Waals surface area contributed by atoms with Crippen LogP contribution in [0.3, 0.4) is 0 Å². The Hall–Kier alpha value is -3.77. The van der Waals surface area contributed by atoms with Gasteiger partial charge in [-0.1, -0.05) is 48.5 Å². The maximum absolute atomic E-state index is 13.0. The number of benzene rings is 3. The molecule has 5 rings (SSSR count). The maximum Gasteiger partial charge on any atom is 0.226 e. The van der Waals surface area contributed by atoms with Crippen molar-refractivity contribution in [3.8, 4) is 10.6 Å². The van der Waals surface area contributed by atoms with Crippen LogP contribution in [0.4, 0.5) is 5.69 Å². The Kier molecular flexibility index (Phi) is 5.29. The van der Waals surface area contributed by atoms with E-state index < -0.39 is 0 Å². The summed E-state index contributed by atoms with van der Waals surface area (Å²) in [5.41, 5.74) is 4.64. The number of anilines is 1. The fourth-order valence-corrected chi connectivity index (χ4v) is 4.99. The zero-order valence-corrected chi connectivity index (χ0v) is 18.3. The van der Waals surface area contributed by atoms with E-state index in [2.05, 4.69) is 11.4 Å². The van der Waals surface area contributed by atoms with Gasteiger partial charge in [0.2, 0.25) is 11.8 Å². The number of nitrogens with one attached hydrogen (secondary N) is 1. The van der Waals surface area contributed by atoms with Gasteiger partial charge in [-0.05, 0) is 41.5 Å². The lowest BCUT2D eigenvalue weighted by atomic mass is 9.93. The van der Waals surface area contributed by atoms with Crippen LogP contribution in [-0.2, 0) is 9.59 Å². The molecule has 4 aromatic rings. The minimum absolute atomic E-state index is 0.0913. The first-order valence-electron chi connectivity index (χ1n) is 10.4. The van der Waals surface area contributed by atoms with Crippen molar-refractivity contribution in [2.45, 2.75) is 19.4 Å². The molecular weight excluding hydrogens is 418 g/mol. The zero-order chi connectivity index (χ0) is 22.1. The molecule has 0 spiro atoms. The Labute approximate surface area is 190 Å². The smallest absolute Gasteiger partial charge is 0.226 e. The highest BCUT2D eigenvalue weighted by atomic mass is 32.1. The molecule has 0 radical (unpaired) electrons. The number of amides is 2. The molecule has 1 atom stereocenters. The molecule has 0 fully saturated rings. The van der Waals surface area contributed by atoms with Crippen LogP contribution >= 0.6 is 11.3 Å². The average molecular weight is 440 g/mol. The summed E-state index contributed by atoms with van der Waals surface area (Å²) in [6, 6.07) is 23.3. The van der Waals surface area contributed by atoms with Crippen LogP contribution < -0.4 is 5.32 Å². The van der Waals surface area contributed by atoms with Crippen LogP contribution in [0, 0.1) is 0 Å². The van der Waals surface area contributed by atoms with Gasteiger partial charge in [-0.25, -0.2) is 4.98 Å². The molecule has 5 nitrogen and oxygen atoms in total. The number of nitrogens with zero attached hydrogens (tertiary/aromatic N) is 2. The van der Waals surface area contributed by atoms with Gasteiger partial charge in [0.1, 0.15) is 5.01 Å². The molecule has 2 heterocycles. The molecule has 0 saturated heterocycles. The lowest BCUT2D eigenvalue weighted by molar-refractivity contribution is -0.129. The predicted molar refractivity (Wildman–Crippen MR) is 129 cm³/mol. The lowest BCUT2D eigenvalue weighted by Crippen LogP contribution is -2.33. The third kappa shape index (κ3) is 3.92. The summed E-state index contributed by atoms with van der Waals surface area (Å²) in [7, 11) is 0. The van der Waals surface area contributed by atoms with Gasteiger partial charge < -0.3 is 10.2 Å². The summed E-state index contributed by atoms with van der Waals surface area (Å²) in [5, 5.41) is 3.91. The van der Waals surface area contributed by atoms with Gasteiger partial charge in [-0.3, -0.25) is 9.59 Å². The van der Waals surface area contributed by atoms with Gasteiger partial charge in [0, 0.05) is 24.4 Å². The molecule has 6 heteroatoms. The fraction of sp³-hybridized carbons (Fsp3) is 0.115. The largest absolute Gasteiger partial charge is 0.326 e. The number of fused-ring (bicyclic) bond motifs is 2. The van der Waals surface area contributed by atoms with Crippen LogP contribution in [-0.4, -0.2) is 21.7 Å². The van der Waals surface area contributed by atoms with Crippen molar-refractivity contribution in [3.63, 3.8) is 0 Å². The number of aromatic nitrogens is 1. The van der Waals surface area contributed by atoms with Crippen LogP contribution in [0.15, 0.2) is 79.0 Å². The summed E-state index contributed by atoms with van der Waals surface area (Å²) < 4.78 is 1.13. The number of thiazole rings is 1. The number of carbonyl (C=O) groups is 2. The van der Waals surface area contributed by atoms with E-state index in [9.17, 15) is 9.59 Å². The van der Waals surface area contributed by atoms with Gasteiger partial charge >= 0.3 is 0 Å². The third-order valence-corrected chi connectivity index (χ3v) is 6.62. The minimum Gasteiger partial charge on any atom is -0.326 e. The van der Waals surface area contributed by atoms with Crippen molar-refractivity contribution in [3.05, 3.63) is 90.1 Å². The van der Waals surface area contributed by atoms with Crippen molar-refractivity contribution in [2.24, 2.45) is 0 Å². The molecule has 1 aliphatic rings. The Bertz CT molecular complexity index is 1320. The van der Waals surface area contributed by atoms with E-state index in [0.717, 1.165) is 31.9 Å². The Morgan fingerprint density at radius 1 is 1.03 bits per heavy atom. The first-order chi connectivity index (χ1) is 15.6. The summed E-state index contributed by atoms with van der Waals surface area (Å²) >= 11 is 1.63. The second kappa shape index (κ2) is 8.40. The normalized spacial score (nSPS) is 14.9. The monoisotopic (exact) mass is 439 g/mol. The Morgan fingerprint density at radius 3 is 2.69 bits per heavy atom. The van der Waals surface area contributed by atoms with E-state index in [1.807, 2.05) is 72.8 Å². The van der Waals surface area contributed by atoms with Crippen LogP contribution in [0.2, 0.25) is 0 Å². The van der Waals surface area contributed by atoms with Crippen LogP contribution in [0.5, 0.6) is 0 Å². The third-order valence-electron chi connectivity index (χ3n) is 5.54. The average Bonchev–Trinajstić information content (AvgIpc) is 3.24. The van der Waals surface area contributed by atoms with E-state index in [1.165, 1.54) is 6.92 Å². The van der Waals surface area contributed by atoms with E-state index in [0.29, 0.717) is 5.69 Å². The van der Waals surface area contributed by atoms with E-state index in [1.54, 1.807) is 22.4 Å². The van der Waals surface area contributed by atoms with Gasteiger partial charge in [0.15, 0.2) is 0 Å². The first kappa shape index (κ1) is 20.2. The van der Waals surface area contributed by atoms with E-state index >= 15 is 0 Å². The highest BCUT2D eigenvalue weighted by molar-refractivity contribution is 7.21. The molecule has 1 N–H and O–H groups in total. The minimum atomic E-state index is -0.332. The second-order valence-corrected chi connectivity index (χ2v) is 8.74. The quantitative estimate of drug-likeness (QED) is 0.433. The molecule has 1 unspecified atom stereocenters. The Balaban J connectivity index is 1.36. The summed E-state index contributed by atoms with van der Waals surface area (Å²) in [4.78, 5) is 31.5. The van der Waals surface area contributed by atoms with Gasteiger partial charge in [-0.15, -0.1) is 11.3 Å². The lowest BCUT2D eigenvalue weighted by Gasteiger charge is -2.32. The van der Waals surface area contributed by atoms with E-state index in [4.69, 9.17) is 4.98 Å². The summed E-state index contributed by atoms with van der Waals surface area (Å²) in [6.07, 6.45) is 3.84. The highest BCUT2D eigenvalue weighted by Gasteiger charge is 2.28. The van der Waals surface area contributed by atoms with Crippen LogP contribution in [0.25, 0.3) is 26.9 Å². The van der Waals surface area contributed by atoms with Crippen LogP contribution in [0.1, 0.15) is 30.5 Å². The van der Waals surface area contributed by atoms with Crippen molar-refractivity contribution >= 4 is 45.1 Å². The molecule has 0 saturated carbocycles. The number of carbonyl (C=O) groups excluding carboxylic acids is 2. The molecule has 32 heavy (non-hydrogen) atoms.